The van der Waals surface area contributed by atoms with Gasteiger partial charge in [0.15, 0.2) is 0 Å². The van der Waals surface area contributed by atoms with Gasteiger partial charge in [-0.2, -0.15) is 0 Å². The van der Waals surface area contributed by atoms with Gasteiger partial charge in [-0.25, -0.2) is 0 Å². The Balaban J connectivity index is 2.03. The lowest BCUT2D eigenvalue weighted by atomic mass is 10.0. The van der Waals surface area contributed by atoms with Crippen LogP contribution in [0.5, 0.6) is 0 Å². The van der Waals surface area contributed by atoms with Crippen LogP contribution in [0.4, 0.5) is 0 Å². The molecule has 20 heavy (non-hydrogen) atoms. The minimum Gasteiger partial charge on any atom is -0.481 e. The van der Waals surface area contributed by atoms with Crippen LogP contribution in [0.3, 0.4) is 0 Å². The molecule has 0 bridgehead atoms. The summed E-state index contributed by atoms with van der Waals surface area (Å²) in [7, 11) is 0. The van der Waals surface area contributed by atoms with Crippen LogP contribution in [0, 0.1) is 11.8 Å². The van der Waals surface area contributed by atoms with Gasteiger partial charge in [-0.15, -0.1) is 0 Å². The molecule has 0 aromatic heterocycles. The van der Waals surface area contributed by atoms with E-state index in [0.29, 0.717) is 19.5 Å². The molecule has 6 nitrogen and oxygen atoms in total. The third-order valence-electron chi connectivity index (χ3n) is 4.49. The largest absolute Gasteiger partial charge is 0.481 e. The number of aliphatic carboxylic acids is 1. The second kappa shape index (κ2) is 5.42. The summed E-state index contributed by atoms with van der Waals surface area (Å²) < 4.78 is 0. The van der Waals surface area contributed by atoms with Crippen LogP contribution >= 0.6 is 0 Å². The summed E-state index contributed by atoms with van der Waals surface area (Å²) in [6, 6.07) is -0.189. The van der Waals surface area contributed by atoms with Crippen molar-refractivity contribution in [3.8, 4) is 0 Å². The number of carbonyl (C=O) groups is 3. The second-order valence-corrected chi connectivity index (χ2v) is 6.05. The summed E-state index contributed by atoms with van der Waals surface area (Å²) in [6.45, 7) is 6.58. The fraction of sp³-hybridized carbons (Fsp3) is 0.786. The Morgan fingerprint density at radius 2 is 2.00 bits per heavy atom. The standard InChI is InChI=1S/C14H22N2O4/c1-8(2)16-7-10(6-12(16)17)13(18)15-5-4-11(9(15)3)14(19)20/h8-11H,4-7H2,1-3H3,(H,19,20). The molecule has 1 N–H and O–H groups in total. The van der Waals surface area contributed by atoms with Crippen LogP contribution in [-0.2, 0) is 14.4 Å². The lowest BCUT2D eigenvalue weighted by Crippen LogP contribution is -2.42. The van der Waals surface area contributed by atoms with Gasteiger partial charge in [0.1, 0.15) is 0 Å². The molecule has 2 aliphatic heterocycles. The molecule has 0 saturated carbocycles. The molecule has 2 aliphatic rings. The normalized spacial score (nSPS) is 30.4. The van der Waals surface area contributed by atoms with Crippen molar-refractivity contribution in [3.63, 3.8) is 0 Å². The molecule has 2 heterocycles. The SMILES string of the molecule is CC(C)N1CC(C(=O)N2CCC(C(=O)O)C2C)CC1=O. The van der Waals surface area contributed by atoms with E-state index in [1.54, 1.807) is 16.7 Å². The molecule has 3 unspecified atom stereocenters. The minimum atomic E-state index is -0.848. The lowest BCUT2D eigenvalue weighted by Gasteiger charge is -2.26. The van der Waals surface area contributed by atoms with Crippen molar-refractivity contribution in [3.05, 3.63) is 0 Å². The number of hydrogen-bond donors (Lipinski definition) is 1. The zero-order valence-corrected chi connectivity index (χ0v) is 12.2. The van der Waals surface area contributed by atoms with Gasteiger partial charge >= 0.3 is 5.97 Å². The van der Waals surface area contributed by atoms with E-state index >= 15 is 0 Å². The highest BCUT2D eigenvalue weighted by molar-refractivity contribution is 5.90. The van der Waals surface area contributed by atoms with Crippen LogP contribution in [0.2, 0.25) is 0 Å². The Labute approximate surface area is 118 Å². The van der Waals surface area contributed by atoms with Gasteiger partial charge < -0.3 is 14.9 Å². The van der Waals surface area contributed by atoms with Crippen molar-refractivity contribution in [2.75, 3.05) is 13.1 Å². The highest BCUT2D eigenvalue weighted by Crippen LogP contribution is 2.29. The van der Waals surface area contributed by atoms with Crippen LogP contribution in [-0.4, -0.2) is 57.9 Å². The van der Waals surface area contributed by atoms with Gasteiger partial charge in [0.25, 0.3) is 0 Å². The van der Waals surface area contributed by atoms with E-state index in [2.05, 4.69) is 0 Å². The molecule has 3 atom stereocenters. The van der Waals surface area contributed by atoms with Crippen molar-refractivity contribution in [1.82, 2.24) is 9.80 Å². The number of carbonyl (C=O) groups excluding carboxylic acids is 2. The summed E-state index contributed by atoms with van der Waals surface area (Å²) >= 11 is 0. The van der Waals surface area contributed by atoms with Crippen LogP contribution in [0.15, 0.2) is 0 Å². The third-order valence-corrected chi connectivity index (χ3v) is 4.49. The molecule has 2 saturated heterocycles. The van der Waals surface area contributed by atoms with Gasteiger partial charge in [0.2, 0.25) is 11.8 Å². The molecule has 0 aromatic rings. The lowest BCUT2D eigenvalue weighted by molar-refractivity contribution is -0.143. The average molecular weight is 282 g/mol. The number of carboxylic acid groups (broad SMARTS) is 1. The first-order valence-electron chi connectivity index (χ1n) is 7.15. The van der Waals surface area contributed by atoms with Crippen molar-refractivity contribution in [1.29, 1.82) is 0 Å². The minimum absolute atomic E-state index is 0.0139. The van der Waals surface area contributed by atoms with Crippen molar-refractivity contribution >= 4 is 17.8 Å². The summed E-state index contributed by atoms with van der Waals surface area (Å²) in [5.74, 6) is -1.71. The Kier molecular flexibility index (Phi) is 4.01. The quantitative estimate of drug-likeness (QED) is 0.820. The van der Waals surface area contributed by atoms with Gasteiger partial charge in [0, 0.05) is 31.6 Å². The van der Waals surface area contributed by atoms with Crippen LogP contribution < -0.4 is 0 Å². The first-order chi connectivity index (χ1) is 9.32. The van der Waals surface area contributed by atoms with E-state index in [1.807, 2.05) is 13.8 Å². The smallest absolute Gasteiger partial charge is 0.308 e. The van der Waals surface area contributed by atoms with Gasteiger partial charge in [0.05, 0.1) is 11.8 Å². The van der Waals surface area contributed by atoms with E-state index in [9.17, 15) is 14.4 Å². The maximum absolute atomic E-state index is 12.5. The van der Waals surface area contributed by atoms with Crippen molar-refractivity contribution in [2.45, 2.75) is 45.7 Å². The molecule has 0 aromatic carbocycles. The Morgan fingerprint density at radius 3 is 2.45 bits per heavy atom. The molecule has 6 heteroatoms. The number of hydrogen-bond acceptors (Lipinski definition) is 3. The highest BCUT2D eigenvalue weighted by atomic mass is 16.4. The summed E-state index contributed by atoms with van der Waals surface area (Å²) in [4.78, 5) is 38.8. The summed E-state index contributed by atoms with van der Waals surface area (Å²) in [5.41, 5.74) is 0. The van der Waals surface area contributed by atoms with Gasteiger partial charge in [-0.1, -0.05) is 0 Å². The second-order valence-electron chi connectivity index (χ2n) is 6.05. The molecule has 0 aliphatic carbocycles. The van der Waals surface area contributed by atoms with E-state index in [1.165, 1.54) is 0 Å². The van der Waals surface area contributed by atoms with Gasteiger partial charge in [-0.3, -0.25) is 14.4 Å². The van der Waals surface area contributed by atoms with Crippen molar-refractivity contribution < 1.29 is 19.5 Å². The van der Waals surface area contributed by atoms with E-state index in [-0.39, 0.29) is 36.2 Å². The Morgan fingerprint density at radius 1 is 1.35 bits per heavy atom. The molecule has 2 rings (SSSR count). The number of nitrogens with zero attached hydrogens (tertiary/aromatic N) is 2. The molecule has 2 fully saturated rings. The van der Waals surface area contributed by atoms with Crippen molar-refractivity contribution in [2.24, 2.45) is 11.8 Å². The molecular weight excluding hydrogens is 260 g/mol. The highest BCUT2D eigenvalue weighted by Gasteiger charge is 2.43. The van der Waals surface area contributed by atoms with E-state index < -0.39 is 11.9 Å². The first-order valence-corrected chi connectivity index (χ1v) is 7.15. The summed E-state index contributed by atoms with van der Waals surface area (Å²) in [5, 5.41) is 9.11. The molecule has 2 amide bonds. The maximum atomic E-state index is 12.5. The molecule has 0 spiro atoms. The fourth-order valence-electron chi connectivity index (χ4n) is 3.21. The number of likely N-dealkylation sites (tertiary alicyclic amines) is 2. The van der Waals surface area contributed by atoms with E-state index in [4.69, 9.17) is 5.11 Å². The molecule has 0 radical (unpaired) electrons. The third kappa shape index (κ3) is 2.51. The fourth-order valence-corrected chi connectivity index (χ4v) is 3.21. The zero-order chi connectivity index (χ0) is 15.0. The summed E-state index contributed by atoms with van der Waals surface area (Å²) in [6.07, 6.45) is 0.745. The maximum Gasteiger partial charge on any atom is 0.308 e. The predicted molar refractivity (Wildman–Crippen MR) is 71.9 cm³/mol. The predicted octanol–water partition coefficient (Wildman–Crippen LogP) is 0.565. The monoisotopic (exact) mass is 282 g/mol. The van der Waals surface area contributed by atoms with Crippen LogP contribution in [0.1, 0.15) is 33.6 Å². The Bertz CT molecular complexity index is 435. The first kappa shape index (κ1) is 14.8. The average Bonchev–Trinajstić information content (AvgIpc) is 2.91. The number of rotatable bonds is 3. The van der Waals surface area contributed by atoms with Crippen LogP contribution in [0.25, 0.3) is 0 Å². The molecular formula is C14H22N2O4. The topological polar surface area (TPSA) is 77.9 Å². The van der Waals surface area contributed by atoms with E-state index in [0.717, 1.165) is 0 Å². The zero-order valence-electron chi connectivity index (χ0n) is 12.2. The van der Waals surface area contributed by atoms with Gasteiger partial charge in [-0.05, 0) is 27.2 Å². The molecule has 112 valence electrons. The number of carboxylic acids is 1. The Hall–Kier alpha value is -1.59. The number of amides is 2.